The number of hydrogen-bond acceptors (Lipinski definition) is 6. The quantitative estimate of drug-likeness (QED) is 0.219. The molecule has 0 saturated carbocycles. The fourth-order valence-electron chi connectivity index (χ4n) is 0. The molecule has 12 heteroatoms. The summed E-state index contributed by atoms with van der Waals surface area (Å²) in [5.41, 5.74) is 0. The van der Waals surface area contributed by atoms with Crippen molar-refractivity contribution < 1.29 is 85.1 Å². The van der Waals surface area contributed by atoms with E-state index in [0.717, 1.165) is 0 Å². The third-order valence-electron chi connectivity index (χ3n) is 0. The molecule has 0 aliphatic heterocycles. The van der Waals surface area contributed by atoms with Gasteiger partial charge in [0.05, 0.1) is 0 Å². The first kappa shape index (κ1) is 23.3. The van der Waals surface area contributed by atoms with E-state index in [1.165, 1.54) is 0 Å². The maximum absolute atomic E-state index is 8.74. The maximum Gasteiger partial charge on any atom is 1.00 e. The van der Waals surface area contributed by atoms with Crippen LogP contribution >= 0.6 is 0 Å². The molecule has 0 aromatic heterocycles. The van der Waals surface area contributed by atoms with E-state index in [2.05, 4.69) is 0 Å². The Morgan fingerprint density at radius 1 is 0.917 bits per heavy atom. The van der Waals surface area contributed by atoms with E-state index < -0.39 is 20.8 Å². The van der Waals surface area contributed by atoms with Gasteiger partial charge in [-0.05, 0) is 0 Å². The zero-order valence-electron chi connectivity index (χ0n) is 5.17. The Kier molecular flexibility index (Phi) is 17.5. The van der Waals surface area contributed by atoms with E-state index in [9.17, 15) is 0 Å². The second-order valence-corrected chi connectivity index (χ2v) is 2.57. The minimum atomic E-state index is -5.17. The van der Waals surface area contributed by atoms with Gasteiger partial charge in [0.1, 0.15) is 0 Å². The summed E-state index contributed by atoms with van der Waals surface area (Å²) in [5, 5.41) is 0. The van der Waals surface area contributed by atoms with Crippen LogP contribution in [0.4, 0.5) is 0 Å². The molecule has 1 radical (unpaired) electrons. The molecule has 0 aromatic carbocycles. The molecule has 0 aromatic rings. The molecule has 0 saturated heterocycles. The monoisotopic (exact) mass is 503 g/mol. The molecular weight excluding hydrogens is 501 g/mol. The van der Waals surface area contributed by atoms with Crippen molar-refractivity contribution in [3.8, 4) is 0 Å². The second kappa shape index (κ2) is 8.99. The van der Waals surface area contributed by atoms with E-state index in [-0.39, 0.29) is 50.0 Å². The fraction of sp³-hybridized carbons (Fsp3) is 0. The van der Waals surface area contributed by atoms with E-state index in [0.29, 0.717) is 0 Å². The molecule has 2 N–H and O–H groups in total. The average molecular weight is 503 g/mol. The van der Waals surface area contributed by atoms with Gasteiger partial charge in [0.15, 0.2) is 0 Å². The van der Waals surface area contributed by atoms with Crippen LogP contribution < -0.4 is 0 Å². The number of rotatable bonds is 0. The van der Waals surface area contributed by atoms with E-state index >= 15 is 0 Å². The molecule has 0 heterocycles. The summed E-state index contributed by atoms with van der Waals surface area (Å²) in [7, 11) is -9.83. The van der Waals surface area contributed by atoms with Gasteiger partial charge < -0.3 is 9.11 Å². The molecule has 75 valence electrons. The number of hydrogen-bond donors (Lipinski definition) is 2. The molecule has 8 nitrogen and oxygen atoms in total. The van der Waals surface area contributed by atoms with Gasteiger partial charge in [-0.1, -0.05) is 0 Å². The van der Waals surface area contributed by atoms with E-state index in [1.807, 2.05) is 0 Å². The smallest absolute Gasteiger partial charge is 0.759 e. The van der Waals surface area contributed by atoms with Gasteiger partial charge >= 0.3 is 60.4 Å². The summed E-state index contributed by atoms with van der Waals surface area (Å²) < 4.78 is 65.7. The Morgan fingerprint density at radius 2 is 0.917 bits per heavy atom. The SMILES string of the molecule is O=S(=O)(O)O.O=S(=O)([O-])[O-].[Ag+].[Hg+]. The van der Waals surface area contributed by atoms with Gasteiger partial charge in [0.25, 0.3) is 0 Å². The average Bonchev–Trinajstić information content (AvgIpc) is 1.12. The largest absolute Gasteiger partial charge is 1.00 e. The molecule has 0 aliphatic rings. The van der Waals surface area contributed by atoms with Crippen LogP contribution in [-0.2, 0) is 70.8 Å². The molecular formula is H2AgHgO8S2. The van der Waals surface area contributed by atoms with Crippen molar-refractivity contribution in [1.82, 2.24) is 0 Å². The summed E-state index contributed by atoms with van der Waals surface area (Å²) in [5.74, 6) is 0. The summed E-state index contributed by atoms with van der Waals surface area (Å²) in [6, 6.07) is 0. The van der Waals surface area contributed by atoms with Crippen LogP contribution in [0.1, 0.15) is 0 Å². The van der Waals surface area contributed by atoms with E-state index in [4.69, 9.17) is 35.0 Å². The first-order valence-electron chi connectivity index (χ1n) is 1.37. The summed E-state index contributed by atoms with van der Waals surface area (Å²) in [4.78, 5) is 0. The molecule has 0 rings (SSSR count). The standard InChI is InChI=1S/Ag.Hg.2H2O4S/c;;2*1-5(2,3)4/h;;2*(H2,1,2,3,4)/q2*+1;;/p-2. The van der Waals surface area contributed by atoms with Crippen LogP contribution in [0.2, 0.25) is 0 Å². The molecule has 0 amide bonds. The predicted molar refractivity (Wildman–Crippen MR) is 24.7 cm³/mol. The van der Waals surface area contributed by atoms with Crippen LogP contribution in [0.5, 0.6) is 0 Å². The van der Waals surface area contributed by atoms with Gasteiger partial charge in [-0.15, -0.1) is 0 Å². The molecule has 0 unspecified atom stereocenters. The minimum absolute atomic E-state index is 0. The Morgan fingerprint density at radius 3 is 0.917 bits per heavy atom. The van der Waals surface area contributed by atoms with Gasteiger partial charge in [-0.2, -0.15) is 8.42 Å². The first-order valence-corrected chi connectivity index (χ1v) is 4.10. The van der Waals surface area contributed by atoms with E-state index in [1.54, 1.807) is 0 Å². The molecule has 0 aliphatic carbocycles. The van der Waals surface area contributed by atoms with Crippen LogP contribution in [0.25, 0.3) is 0 Å². The van der Waals surface area contributed by atoms with Gasteiger partial charge in [0, 0.05) is 10.4 Å². The zero-order chi connectivity index (χ0) is 9.00. The van der Waals surface area contributed by atoms with Crippen molar-refractivity contribution >= 4 is 20.8 Å². The Balaban J connectivity index is -0.0000000457. The Bertz CT molecular complexity index is 213. The van der Waals surface area contributed by atoms with Crippen molar-refractivity contribution in [1.29, 1.82) is 0 Å². The summed E-state index contributed by atoms with van der Waals surface area (Å²) in [6.45, 7) is 0. The van der Waals surface area contributed by atoms with Crippen LogP contribution in [0.15, 0.2) is 0 Å². The van der Waals surface area contributed by atoms with Crippen molar-refractivity contribution in [3.05, 3.63) is 0 Å². The molecule has 0 atom stereocenters. The summed E-state index contributed by atoms with van der Waals surface area (Å²) >= 11 is 0. The fourth-order valence-corrected chi connectivity index (χ4v) is 0. The van der Waals surface area contributed by atoms with Gasteiger partial charge in [-0.3, -0.25) is 17.5 Å². The Labute approximate surface area is 105 Å². The van der Waals surface area contributed by atoms with Crippen molar-refractivity contribution in [3.63, 3.8) is 0 Å². The predicted octanol–water partition coefficient (Wildman–Crippen LogP) is -2.00. The minimum Gasteiger partial charge on any atom is -0.759 e. The van der Waals surface area contributed by atoms with Gasteiger partial charge in [0.2, 0.25) is 0 Å². The van der Waals surface area contributed by atoms with Gasteiger partial charge in [-0.25, -0.2) is 0 Å². The van der Waals surface area contributed by atoms with Crippen LogP contribution in [-0.4, -0.2) is 35.0 Å². The summed E-state index contributed by atoms with van der Waals surface area (Å²) in [6.07, 6.45) is 0. The normalized spacial score (nSPS) is 9.67. The van der Waals surface area contributed by atoms with Crippen LogP contribution in [0, 0.1) is 0 Å². The zero-order valence-corrected chi connectivity index (χ0v) is 13.8. The van der Waals surface area contributed by atoms with Crippen molar-refractivity contribution in [2.75, 3.05) is 0 Å². The second-order valence-electron chi connectivity index (χ2n) is 0.856. The third kappa shape index (κ3) is 618. The van der Waals surface area contributed by atoms with Crippen LogP contribution in [0.3, 0.4) is 0 Å². The first-order chi connectivity index (χ1) is 4.00. The third-order valence-corrected chi connectivity index (χ3v) is 0. The Hall–Kier alpha value is 1.42. The molecule has 0 spiro atoms. The topological polar surface area (TPSA) is 155 Å². The molecule has 12 heavy (non-hydrogen) atoms. The molecule has 0 bridgehead atoms. The van der Waals surface area contributed by atoms with Crippen molar-refractivity contribution in [2.45, 2.75) is 0 Å². The molecule has 0 fully saturated rings. The maximum atomic E-state index is 8.74. The van der Waals surface area contributed by atoms with Crippen molar-refractivity contribution in [2.24, 2.45) is 0 Å².